The van der Waals surface area contributed by atoms with Gasteiger partial charge in [-0.15, -0.1) is 0 Å². The van der Waals surface area contributed by atoms with Crippen LogP contribution >= 0.6 is 11.6 Å². The van der Waals surface area contributed by atoms with Gasteiger partial charge >= 0.3 is 6.11 Å². The van der Waals surface area contributed by atoms with Gasteiger partial charge in [0.2, 0.25) is 0 Å². The van der Waals surface area contributed by atoms with Crippen LogP contribution in [-0.4, -0.2) is 41.9 Å². The molecule has 3 aromatic carbocycles. The fourth-order valence-electron chi connectivity index (χ4n) is 4.00. The molecule has 4 rings (SSSR count). The highest BCUT2D eigenvalue weighted by Gasteiger charge is 2.24. The fraction of sp³-hybridized carbons (Fsp3) is 0.308. The van der Waals surface area contributed by atoms with Crippen LogP contribution < -0.4 is 9.47 Å². The third kappa shape index (κ3) is 6.44. The van der Waals surface area contributed by atoms with Crippen molar-refractivity contribution in [3.63, 3.8) is 0 Å². The normalized spacial score (nSPS) is 15.1. The summed E-state index contributed by atoms with van der Waals surface area (Å²) in [4.78, 5) is 2.22. The summed E-state index contributed by atoms with van der Waals surface area (Å²) in [6.07, 6.45) is -2.96. The van der Waals surface area contributed by atoms with Gasteiger partial charge in [0.1, 0.15) is 24.2 Å². The Kier molecular flexibility index (Phi) is 7.17. The van der Waals surface area contributed by atoms with Gasteiger partial charge < -0.3 is 14.6 Å². The standard InChI is InChI=1S/C26H26ClF2NO3/c1-26(28,29)33-23-9-10-25(27)24(14-23)19-7-4-8-22(13-19)32-17-21(31)16-30-12-11-18-5-2-3-6-20(18)15-30/h2-10,13-14,21,31H,11-12,15-17H2,1H3. The molecule has 1 unspecified atom stereocenters. The SMILES string of the molecule is CC(F)(F)Oc1ccc(Cl)c(-c2cccc(OCC(O)CN3CCc4ccccc4C3)c2)c1. The molecule has 1 aliphatic heterocycles. The molecule has 0 saturated heterocycles. The average Bonchev–Trinajstić information content (AvgIpc) is 2.78. The topological polar surface area (TPSA) is 41.9 Å². The Morgan fingerprint density at radius 1 is 1.03 bits per heavy atom. The maximum atomic E-state index is 13.2. The molecule has 0 fully saturated rings. The van der Waals surface area contributed by atoms with Gasteiger partial charge in [-0.1, -0.05) is 48.0 Å². The number of hydrogen-bond acceptors (Lipinski definition) is 4. The van der Waals surface area contributed by atoms with E-state index in [1.54, 1.807) is 18.2 Å². The average molecular weight is 474 g/mol. The molecule has 4 nitrogen and oxygen atoms in total. The van der Waals surface area contributed by atoms with E-state index in [0.29, 0.717) is 35.4 Å². The number of aliphatic hydroxyl groups is 1. The van der Waals surface area contributed by atoms with Gasteiger partial charge in [0, 0.05) is 37.1 Å². The van der Waals surface area contributed by atoms with E-state index in [4.69, 9.17) is 16.3 Å². The molecule has 0 bridgehead atoms. The summed E-state index contributed by atoms with van der Waals surface area (Å²) in [5.41, 5.74) is 3.92. The number of ether oxygens (including phenoxy) is 2. The molecule has 0 amide bonds. The maximum Gasteiger partial charge on any atom is 0.394 e. The van der Waals surface area contributed by atoms with Gasteiger partial charge in [-0.05, 0) is 53.4 Å². The second-order valence-electron chi connectivity index (χ2n) is 8.30. The number of hydrogen-bond donors (Lipinski definition) is 1. The van der Waals surface area contributed by atoms with E-state index in [-0.39, 0.29) is 12.4 Å². The van der Waals surface area contributed by atoms with Crippen molar-refractivity contribution in [1.82, 2.24) is 4.90 Å². The first-order valence-corrected chi connectivity index (χ1v) is 11.2. The molecule has 0 saturated carbocycles. The predicted octanol–water partition coefficient (Wildman–Crippen LogP) is 5.80. The van der Waals surface area contributed by atoms with Crippen molar-refractivity contribution in [2.75, 3.05) is 19.7 Å². The highest BCUT2D eigenvalue weighted by atomic mass is 35.5. The molecule has 0 radical (unpaired) electrons. The van der Waals surface area contributed by atoms with Gasteiger partial charge in [-0.25, -0.2) is 0 Å². The van der Waals surface area contributed by atoms with Crippen LogP contribution in [0.2, 0.25) is 5.02 Å². The summed E-state index contributed by atoms with van der Waals surface area (Å²) in [7, 11) is 0. The Balaban J connectivity index is 1.37. The quantitative estimate of drug-likeness (QED) is 0.449. The van der Waals surface area contributed by atoms with Gasteiger partial charge in [0.15, 0.2) is 0 Å². The number of halogens is 3. The van der Waals surface area contributed by atoms with Crippen molar-refractivity contribution >= 4 is 11.6 Å². The second-order valence-corrected chi connectivity index (χ2v) is 8.71. The lowest BCUT2D eigenvalue weighted by Crippen LogP contribution is -2.38. The first-order valence-electron chi connectivity index (χ1n) is 10.8. The van der Waals surface area contributed by atoms with Crippen molar-refractivity contribution in [3.8, 4) is 22.6 Å². The number of benzene rings is 3. The number of alkyl halides is 2. The van der Waals surface area contributed by atoms with Crippen LogP contribution in [-0.2, 0) is 13.0 Å². The summed E-state index contributed by atoms with van der Waals surface area (Å²) in [5, 5.41) is 10.9. The number of rotatable bonds is 8. The van der Waals surface area contributed by atoms with Crippen molar-refractivity contribution in [1.29, 1.82) is 0 Å². The zero-order chi connectivity index (χ0) is 23.4. The first-order chi connectivity index (χ1) is 15.8. The van der Waals surface area contributed by atoms with Crippen LogP contribution in [0.25, 0.3) is 11.1 Å². The van der Waals surface area contributed by atoms with Crippen molar-refractivity contribution in [2.45, 2.75) is 32.1 Å². The predicted molar refractivity (Wildman–Crippen MR) is 125 cm³/mol. The largest absolute Gasteiger partial charge is 0.491 e. The highest BCUT2D eigenvalue weighted by molar-refractivity contribution is 6.33. The summed E-state index contributed by atoms with van der Waals surface area (Å²) in [6, 6.07) is 19.9. The van der Waals surface area contributed by atoms with Crippen LogP contribution in [0.3, 0.4) is 0 Å². The molecule has 174 valence electrons. The van der Waals surface area contributed by atoms with Crippen LogP contribution in [0.1, 0.15) is 18.1 Å². The van der Waals surface area contributed by atoms with E-state index in [1.807, 2.05) is 12.1 Å². The van der Waals surface area contributed by atoms with Crippen LogP contribution in [0.15, 0.2) is 66.7 Å². The molecule has 0 aliphatic carbocycles. The molecule has 7 heteroatoms. The Morgan fingerprint density at radius 3 is 2.61 bits per heavy atom. The lowest BCUT2D eigenvalue weighted by atomic mass is 10.00. The lowest BCUT2D eigenvalue weighted by Gasteiger charge is -2.30. The van der Waals surface area contributed by atoms with Crippen LogP contribution in [0, 0.1) is 0 Å². The first kappa shape index (κ1) is 23.5. The number of aliphatic hydroxyl groups excluding tert-OH is 1. The number of fused-ring (bicyclic) bond motifs is 1. The minimum Gasteiger partial charge on any atom is -0.491 e. The number of nitrogens with zero attached hydrogens (tertiary/aromatic N) is 1. The zero-order valence-corrected chi connectivity index (χ0v) is 19.1. The van der Waals surface area contributed by atoms with E-state index in [2.05, 4.69) is 27.8 Å². The van der Waals surface area contributed by atoms with E-state index < -0.39 is 12.2 Å². The minimum atomic E-state index is -3.29. The third-order valence-electron chi connectivity index (χ3n) is 5.50. The number of β-amino-alcohol motifs (C(OH)–C–C–N with tert-alkyl or cyclic N) is 1. The van der Waals surface area contributed by atoms with E-state index in [0.717, 1.165) is 19.5 Å². The molecule has 1 N–H and O–H groups in total. The van der Waals surface area contributed by atoms with Crippen molar-refractivity contribution in [2.24, 2.45) is 0 Å². The lowest BCUT2D eigenvalue weighted by molar-refractivity contribution is -0.158. The summed E-state index contributed by atoms with van der Waals surface area (Å²) in [5.74, 6) is 0.575. The zero-order valence-electron chi connectivity index (χ0n) is 18.3. The van der Waals surface area contributed by atoms with E-state index >= 15 is 0 Å². The van der Waals surface area contributed by atoms with E-state index in [1.165, 1.54) is 29.3 Å². The van der Waals surface area contributed by atoms with Crippen molar-refractivity contribution in [3.05, 3.63) is 82.9 Å². The molecule has 0 aromatic heterocycles. The molecule has 1 atom stereocenters. The van der Waals surface area contributed by atoms with Crippen LogP contribution in [0.5, 0.6) is 11.5 Å². The molecular formula is C26H26ClF2NO3. The van der Waals surface area contributed by atoms with Gasteiger partial charge in [-0.2, -0.15) is 8.78 Å². The second kappa shape index (κ2) is 10.1. The summed E-state index contributed by atoms with van der Waals surface area (Å²) in [6.45, 7) is 3.06. The summed E-state index contributed by atoms with van der Waals surface area (Å²) >= 11 is 6.30. The molecular weight excluding hydrogens is 448 g/mol. The smallest absolute Gasteiger partial charge is 0.394 e. The van der Waals surface area contributed by atoms with Gasteiger partial charge in [0.25, 0.3) is 0 Å². The Bertz CT molecular complexity index is 1100. The highest BCUT2D eigenvalue weighted by Crippen LogP contribution is 2.34. The minimum absolute atomic E-state index is 0.0201. The molecule has 33 heavy (non-hydrogen) atoms. The fourth-order valence-corrected chi connectivity index (χ4v) is 4.23. The Morgan fingerprint density at radius 2 is 1.82 bits per heavy atom. The van der Waals surface area contributed by atoms with E-state index in [9.17, 15) is 13.9 Å². The molecule has 1 aliphatic rings. The Labute approximate surface area is 197 Å². The van der Waals surface area contributed by atoms with Crippen molar-refractivity contribution < 1.29 is 23.4 Å². The van der Waals surface area contributed by atoms with Crippen LogP contribution in [0.4, 0.5) is 8.78 Å². The maximum absolute atomic E-state index is 13.2. The van der Waals surface area contributed by atoms with Gasteiger partial charge in [0.05, 0.1) is 0 Å². The molecule has 1 heterocycles. The Hall–Kier alpha value is -2.67. The monoisotopic (exact) mass is 473 g/mol. The summed E-state index contributed by atoms with van der Waals surface area (Å²) < 4.78 is 36.9. The molecule has 0 spiro atoms. The third-order valence-corrected chi connectivity index (χ3v) is 5.83. The molecule has 3 aromatic rings. The van der Waals surface area contributed by atoms with Gasteiger partial charge in [-0.3, -0.25) is 4.90 Å².